The number of nitrogens with zero attached hydrogens (tertiary/aromatic N) is 4. The number of carbonyl (C=O) groups is 1. The molecule has 2 aromatic heterocycles. The minimum Gasteiger partial charge on any atom is -0.478 e. The maximum absolute atomic E-state index is 15.7. The third-order valence-electron chi connectivity index (χ3n) is 8.70. The second kappa shape index (κ2) is 11.9. The molecule has 3 aromatic carbocycles. The van der Waals surface area contributed by atoms with E-state index >= 15 is 8.78 Å². The first-order chi connectivity index (χ1) is 22.3. The van der Waals surface area contributed by atoms with Gasteiger partial charge in [-0.15, -0.1) is 0 Å². The van der Waals surface area contributed by atoms with E-state index in [-0.39, 0.29) is 64.4 Å². The molecule has 0 amide bonds. The first-order valence-electron chi connectivity index (χ1n) is 14.9. The van der Waals surface area contributed by atoms with Gasteiger partial charge in [-0.05, 0) is 72.9 Å². The Balaban J connectivity index is 1.18. The number of rotatable bonds is 9. The molecule has 1 saturated heterocycles. The third kappa shape index (κ3) is 5.68. The first kappa shape index (κ1) is 29.5. The molecule has 5 aromatic rings. The van der Waals surface area contributed by atoms with Crippen molar-refractivity contribution in [2.75, 3.05) is 13.2 Å². The number of aromatic carboxylic acids is 1. The summed E-state index contributed by atoms with van der Waals surface area (Å²) < 4.78 is 59.0. The Morgan fingerprint density at radius 2 is 1.80 bits per heavy atom. The maximum atomic E-state index is 15.7. The number of imidazole rings is 1. The Morgan fingerprint density at radius 3 is 2.57 bits per heavy atom. The number of aromatic nitrogens is 3. The Bertz CT molecular complexity index is 2030. The summed E-state index contributed by atoms with van der Waals surface area (Å²) >= 11 is 0. The van der Waals surface area contributed by atoms with Crippen molar-refractivity contribution in [3.8, 4) is 23.2 Å². The molecular weight excluding hydrogens is 597 g/mol. The van der Waals surface area contributed by atoms with Crippen LogP contribution in [0.5, 0.6) is 5.88 Å². The normalized spacial score (nSPS) is 17.7. The minimum absolute atomic E-state index is 0.0270. The molecule has 1 aliphatic carbocycles. The third-order valence-corrected chi connectivity index (χ3v) is 8.70. The van der Waals surface area contributed by atoms with Crippen LogP contribution in [-0.4, -0.2) is 38.8 Å². The fraction of sp³-hybridized carbons (Fsp3) is 0.257. The second-order valence-electron chi connectivity index (χ2n) is 11.7. The van der Waals surface area contributed by atoms with Crippen LogP contribution in [0, 0.1) is 40.6 Å². The molecule has 0 radical (unpaired) electrons. The molecule has 2 aliphatic rings. The molecule has 2 fully saturated rings. The van der Waals surface area contributed by atoms with Gasteiger partial charge in [-0.3, -0.25) is 0 Å². The number of halogens is 3. The lowest BCUT2D eigenvalue weighted by Gasteiger charge is -2.22. The van der Waals surface area contributed by atoms with E-state index in [1.807, 2.05) is 10.6 Å². The Labute approximate surface area is 261 Å². The van der Waals surface area contributed by atoms with E-state index in [1.165, 1.54) is 30.3 Å². The SMILES string of the molecule is N#Cc1ccc(COc2cccc(-c3cc(F)c(Cc4nc5ccc(C(=O)O)cc5n4[C@@H]4COCC4C4CC4)cc3F)n2)c(F)c1. The van der Waals surface area contributed by atoms with E-state index in [0.717, 1.165) is 31.0 Å². The minimum atomic E-state index is -1.06. The average molecular weight is 625 g/mol. The molecule has 11 heteroatoms. The first-order valence-corrected chi connectivity index (χ1v) is 14.9. The van der Waals surface area contributed by atoms with Crippen LogP contribution < -0.4 is 4.74 Å². The number of fused-ring (bicyclic) bond motifs is 1. The van der Waals surface area contributed by atoms with Gasteiger partial charge in [0, 0.05) is 29.5 Å². The lowest BCUT2D eigenvalue weighted by atomic mass is 9.97. The summed E-state index contributed by atoms with van der Waals surface area (Å²) in [7, 11) is 0. The smallest absolute Gasteiger partial charge is 0.335 e. The Kier molecular flexibility index (Phi) is 7.66. The lowest BCUT2D eigenvalue weighted by Crippen LogP contribution is -2.22. The summed E-state index contributed by atoms with van der Waals surface area (Å²) in [4.78, 5) is 20.8. The molecular formula is C35H27F3N4O4. The highest BCUT2D eigenvalue weighted by atomic mass is 19.1. The number of ether oxygens (including phenoxy) is 2. The monoisotopic (exact) mass is 624 g/mol. The van der Waals surface area contributed by atoms with Gasteiger partial charge in [0.2, 0.25) is 5.88 Å². The molecule has 1 saturated carbocycles. The van der Waals surface area contributed by atoms with Gasteiger partial charge in [-0.1, -0.05) is 12.1 Å². The van der Waals surface area contributed by atoms with Crippen LogP contribution in [0.3, 0.4) is 0 Å². The van der Waals surface area contributed by atoms with Gasteiger partial charge in [0.1, 0.15) is 29.9 Å². The van der Waals surface area contributed by atoms with Crippen molar-refractivity contribution in [2.45, 2.75) is 31.9 Å². The molecule has 0 bridgehead atoms. The van der Waals surface area contributed by atoms with Crippen molar-refractivity contribution in [3.05, 3.63) is 112 Å². The van der Waals surface area contributed by atoms with Gasteiger partial charge in [0.25, 0.3) is 0 Å². The van der Waals surface area contributed by atoms with E-state index in [9.17, 15) is 14.3 Å². The average Bonchev–Trinajstić information content (AvgIpc) is 3.67. The summed E-state index contributed by atoms with van der Waals surface area (Å²) in [6, 6.07) is 17.3. The number of benzene rings is 3. The van der Waals surface area contributed by atoms with Crippen molar-refractivity contribution in [1.82, 2.24) is 14.5 Å². The van der Waals surface area contributed by atoms with Gasteiger partial charge in [-0.25, -0.2) is 27.9 Å². The topological polar surface area (TPSA) is 110 Å². The molecule has 1 N–H and O–H groups in total. The Hall–Kier alpha value is -5.21. The van der Waals surface area contributed by atoms with Crippen LogP contribution in [0.25, 0.3) is 22.3 Å². The fourth-order valence-electron chi connectivity index (χ4n) is 6.19. The summed E-state index contributed by atoms with van der Waals surface area (Å²) in [6.45, 7) is 0.837. The predicted octanol–water partition coefficient (Wildman–Crippen LogP) is 6.85. The van der Waals surface area contributed by atoms with Crippen LogP contribution in [-0.2, 0) is 17.8 Å². The summed E-state index contributed by atoms with van der Waals surface area (Å²) in [5.74, 6) is -1.71. The maximum Gasteiger partial charge on any atom is 0.335 e. The summed E-state index contributed by atoms with van der Waals surface area (Å²) in [6.07, 6.45) is 2.17. The number of hydrogen-bond acceptors (Lipinski definition) is 6. The van der Waals surface area contributed by atoms with E-state index in [2.05, 4.69) is 4.98 Å². The van der Waals surface area contributed by atoms with Crippen molar-refractivity contribution in [1.29, 1.82) is 5.26 Å². The van der Waals surface area contributed by atoms with E-state index in [0.29, 0.717) is 36.0 Å². The van der Waals surface area contributed by atoms with Gasteiger partial charge in [0.15, 0.2) is 0 Å². The zero-order valence-electron chi connectivity index (χ0n) is 24.4. The predicted molar refractivity (Wildman–Crippen MR) is 161 cm³/mol. The van der Waals surface area contributed by atoms with Crippen LogP contribution in [0.4, 0.5) is 13.2 Å². The lowest BCUT2D eigenvalue weighted by molar-refractivity contribution is 0.0697. The number of carboxylic acids is 1. The van der Waals surface area contributed by atoms with E-state index < -0.39 is 23.4 Å². The van der Waals surface area contributed by atoms with Crippen molar-refractivity contribution in [2.24, 2.45) is 11.8 Å². The van der Waals surface area contributed by atoms with Crippen molar-refractivity contribution in [3.63, 3.8) is 0 Å². The van der Waals surface area contributed by atoms with Crippen LogP contribution >= 0.6 is 0 Å². The molecule has 232 valence electrons. The zero-order valence-corrected chi connectivity index (χ0v) is 24.4. The van der Waals surface area contributed by atoms with Crippen LogP contribution in [0.15, 0.2) is 66.7 Å². The molecule has 1 unspecified atom stereocenters. The number of pyridine rings is 1. The highest BCUT2D eigenvalue weighted by Crippen LogP contribution is 2.46. The van der Waals surface area contributed by atoms with Crippen molar-refractivity contribution < 1.29 is 32.5 Å². The van der Waals surface area contributed by atoms with Gasteiger partial charge >= 0.3 is 5.97 Å². The summed E-state index contributed by atoms with van der Waals surface area (Å²) in [5, 5.41) is 18.6. The molecule has 1 aliphatic heterocycles. The molecule has 7 rings (SSSR count). The quantitative estimate of drug-likeness (QED) is 0.191. The Morgan fingerprint density at radius 1 is 0.978 bits per heavy atom. The number of carboxylic acid groups (broad SMARTS) is 1. The molecule has 2 atom stereocenters. The zero-order chi connectivity index (χ0) is 31.9. The molecule has 8 nitrogen and oxygen atoms in total. The van der Waals surface area contributed by atoms with Crippen molar-refractivity contribution >= 4 is 17.0 Å². The second-order valence-corrected chi connectivity index (χ2v) is 11.7. The molecule has 46 heavy (non-hydrogen) atoms. The molecule has 3 heterocycles. The highest BCUT2D eigenvalue weighted by Gasteiger charge is 2.42. The van der Waals surface area contributed by atoms with Gasteiger partial charge < -0.3 is 19.1 Å². The largest absolute Gasteiger partial charge is 0.478 e. The fourth-order valence-corrected chi connectivity index (χ4v) is 6.19. The van der Waals surface area contributed by atoms with Gasteiger partial charge in [0.05, 0.1) is 53.2 Å². The number of hydrogen-bond donors (Lipinski definition) is 1. The van der Waals surface area contributed by atoms with Gasteiger partial charge in [-0.2, -0.15) is 5.26 Å². The van der Waals surface area contributed by atoms with Crippen LogP contribution in [0.2, 0.25) is 0 Å². The number of nitriles is 1. The standard InChI is InChI=1S/C35H27F3N4O4/c36-26-10-19(15-39)4-5-22(26)16-46-34-3-1-2-29(41-34)24-14-27(37)23(11-28(24)38)13-33-40-30-9-8-21(35(43)44)12-31(30)42(33)32-18-45-17-25(32)20-6-7-20/h1-5,8-12,14,20,25,32H,6-7,13,16-18H2,(H,43,44)/t25?,32-/m1/s1. The van der Waals surface area contributed by atoms with E-state index in [4.69, 9.17) is 19.7 Å². The van der Waals surface area contributed by atoms with Crippen LogP contribution in [0.1, 0.15) is 51.8 Å². The molecule has 0 spiro atoms. The highest BCUT2D eigenvalue weighted by molar-refractivity contribution is 5.92. The summed E-state index contributed by atoms with van der Waals surface area (Å²) in [5.41, 5.74) is 1.84. The van der Waals surface area contributed by atoms with E-state index in [1.54, 1.807) is 18.2 Å².